The van der Waals surface area contributed by atoms with Crippen molar-refractivity contribution in [1.29, 1.82) is 0 Å². The van der Waals surface area contributed by atoms with Crippen molar-refractivity contribution in [3.63, 3.8) is 0 Å². The third-order valence-electron chi connectivity index (χ3n) is 5.20. The highest BCUT2D eigenvalue weighted by Gasteiger charge is 2.44. The van der Waals surface area contributed by atoms with E-state index in [1.807, 2.05) is 35.7 Å². The minimum Gasteiger partial charge on any atom is -0.383 e. The van der Waals surface area contributed by atoms with E-state index in [-0.39, 0.29) is 11.8 Å². The first kappa shape index (κ1) is 20.6. The monoisotopic (exact) mass is 440 g/mol. The third kappa shape index (κ3) is 3.99. The van der Waals surface area contributed by atoms with E-state index >= 15 is 0 Å². The number of amides is 2. The predicted molar refractivity (Wildman–Crippen MR) is 119 cm³/mol. The van der Waals surface area contributed by atoms with E-state index in [4.69, 9.17) is 16.3 Å². The molecule has 154 valence electrons. The standard InChI is InChI=1S/C23H21ClN2O3S/c1-29-13-12-26-21(19-7-4-14-30-19)20(17-5-2-3-6-18(17)23(26)28)22(27)25-16-10-8-15(24)9-11-16/h2-11,14,20-21H,12-13H2,1H3,(H,25,27)/t20-,21+/m1/s1. The molecule has 1 N–H and O–H groups in total. The van der Waals surface area contributed by atoms with Gasteiger partial charge in [-0.2, -0.15) is 0 Å². The van der Waals surface area contributed by atoms with Crippen LogP contribution in [0.25, 0.3) is 0 Å². The summed E-state index contributed by atoms with van der Waals surface area (Å²) in [5, 5.41) is 5.56. The molecule has 5 nitrogen and oxygen atoms in total. The fraction of sp³-hybridized carbons (Fsp3) is 0.217. The Morgan fingerprint density at radius 2 is 1.90 bits per heavy atom. The molecule has 3 aromatic rings. The molecule has 2 atom stereocenters. The van der Waals surface area contributed by atoms with E-state index in [0.717, 1.165) is 10.4 Å². The lowest BCUT2D eigenvalue weighted by Crippen LogP contribution is -2.47. The van der Waals surface area contributed by atoms with Gasteiger partial charge in [-0.25, -0.2) is 0 Å². The average molecular weight is 441 g/mol. The van der Waals surface area contributed by atoms with Crippen molar-refractivity contribution < 1.29 is 14.3 Å². The van der Waals surface area contributed by atoms with E-state index in [9.17, 15) is 9.59 Å². The largest absolute Gasteiger partial charge is 0.383 e. The molecule has 2 amide bonds. The van der Waals surface area contributed by atoms with Crippen molar-refractivity contribution in [2.75, 3.05) is 25.6 Å². The van der Waals surface area contributed by atoms with Crippen LogP contribution in [-0.4, -0.2) is 37.0 Å². The summed E-state index contributed by atoms with van der Waals surface area (Å²) in [7, 11) is 1.60. The molecular weight excluding hydrogens is 420 g/mol. The number of carbonyl (C=O) groups excluding carboxylic acids is 2. The summed E-state index contributed by atoms with van der Waals surface area (Å²) in [6, 6.07) is 17.8. The number of ether oxygens (including phenoxy) is 1. The zero-order valence-corrected chi connectivity index (χ0v) is 18.0. The number of fused-ring (bicyclic) bond motifs is 1. The summed E-state index contributed by atoms with van der Waals surface area (Å²) in [6.07, 6.45) is 0. The molecule has 0 radical (unpaired) electrons. The van der Waals surface area contributed by atoms with Gasteiger partial charge in [0.05, 0.1) is 18.6 Å². The Morgan fingerprint density at radius 3 is 2.60 bits per heavy atom. The Hall–Kier alpha value is -2.67. The number of rotatable bonds is 6. The summed E-state index contributed by atoms with van der Waals surface area (Å²) >= 11 is 7.51. The summed E-state index contributed by atoms with van der Waals surface area (Å²) in [5.74, 6) is -0.806. The Labute approximate surface area is 184 Å². The van der Waals surface area contributed by atoms with Crippen molar-refractivity contribution in [1.82, 2.24) is 4.90 Å². The highest BCUT2D eigenvalue weighted by molar-refractivity contribution is 7.10. The minimum atomic E-state index is -0.551. The summed E-state index contributed by atoms with van der Waals surface area (Å²) in [5.41, 5.74) is 1.95. The van der Waals surface area contributed by atoms with Gasteiger partial charge in [-0.05, 0) is 47.3 Å². The van der Waals surface area contributed by atoms with Crippen molar-refractivity contribution in [2.24, 2.45) is 0 Å². The molecule has 0 saturated carbocycles. The SMILES string of the molecule is COCCN1C(=O)c2ccccc2[C@@H](C(=O)Nc2ccc(Cl)cc2)[C@@H]1c1cccs1. The third-order valence-corrected chi connectivity index (χ3v) is 6.40. The van der Waals surface area contributed by atoms with Crippen molar-refractivity contribution in [2.45, 2.75) is 12.0 Å². The van der Waals surface area contributed by atoms with E-state index in [2.05, 4.69) is 5.32 Å². The van der Waals surface area contributed by atoms with Crippen LogP contribution in [0.2, 0.25) is 5.02 Å². The number of benzene rings is 2. The number of hydrogen-bond acceptors (Lipinski definition) is 4. The lowest BCUT2D eigenvalue weighted by Gasteiger charge is -2.41. The lowest BCUT2D eigenvalue weighted by atomic mass is 9.81. The second kappa shape index (κ2) is 9.00. The van der Waals surface area contributed by atoms with Gasteiger partial charge in [-0.1, -0.05) is 35.9 Å². The van der Waals surface area contributed by atoms with Gasteiger partial charge in [-0.3, -0.25) is 9.59 Å². The minimum absolute atomic E-state index is 0.0865. The quantitative estimate of drug-likeness (QED) is 0.588. The average Bonchev–Trinajstić information content (AvgIpc) is 3.29. The van der Waals surface area contributed by atoms with E-state index in [1.165, 1.54) is 0 Å². The van der Waals surface area contributed by atoms with E-state index in [0.29, 0.717) is 29.4 Å². The molecule has 1 aromatic heterocycles. The topological polar surface area (TPSA) is 58.6 Å². The van der Waals surface area contributed by atoms with Gasteiger partial charge in [0.25, 0.3) is 5.91 Å². The molecular formula is C23H21ClN2O3S. The normalized spacial score (nSPS) is 18.2. The second-order valence-corrected chi connectivity index (χ2v) is 8.43. The summed E-state index contributed by atoms with van der Waals surface area (Å²) in [6.45, 7) is 0.790. The molecule has 2 heterocycles. The van der Waals surface area contributed by atoms with Crippen LogP contribution in [-0.2, 0) is 9.53 Å². The molecule has 0 unspecified atom stereocenters. The smallest absolute Gasteiger partial charge is 0.254 e. The summed E-state index contributed by atoms with van der Waals surface area (Å²) in [4.78, 5) is 29.6. The molecule has 1 aliphatic heterocycles. The first-order valence-corrected chi connectivity index (χ1v) is 10.8. The van der Waals surface area contributed by atoms with Gasteiger partial charge in [-0.15, -0.1) is 11.3 Å². The van der Waals surface area contributed by atoms with E-state index in [1.54, 1.807) is 53.7 Å². The van der Waals surface area contributed by atoms with Crippen LogP contribution in [0.1, 0.15) is 32.8 Å². The van der Waals surface area contributed by atoms with Gasteiger partial charge in [0.15, 0.2) is 0 Å². The molecule has 0 fully saturated rings. The number of halogens is 1. The molecule has 7 heteroatoms. The van der Waals surface area contributed by atoms with Crippen LogP contribution in [0.5, 0.6) is 0 Å². The Bertz CT molecular complexity index is 1040. The van der Waals surface area contributed by atoms with Crippen molar-refractivity contribution in [3.05, 3.63) is 87.1 Å². The zero-order valence-electron chi connectivity index (χ0n) is 16.4. The van der Waals surface area contributed by atoms with Gasteiger partial charge < -0.3 is 15.0 Å². The lowest BCUT2D eigenvalue weighted by molar-refractivity contribution is -0.119. The molecule has 0 bridgehead atoms. The van der Waals surface area contributed by atoms with Gasteiger partial charge >= 0.3 is 0 Å². The Kier molecular flexibility index (Phi) is 6.18. The van der Waals surface area contributed by atoms with E-state index < -0.39 is 12.0 Å². The van der Waals surface area contributed by atoms with Crippen molar-refractivity contribution in [3.8, 4) is 0 Å². The fourth-order valence-corrected chi connectivity index (χ4v) is 4.84. The molecule has 2 aromatic carbocycles. The number of hydrogen-bond donors (Lipinski definition) is 1. The molecule has 0 aliphatic carbocycles. The van der Waals surface area contributed by atoms with Gasteiger partial charge in [0.1, 0.15) is 0 Å². The Morgan fingerprint density at radius 1 is 1.13 bits per heavy atom. The molecule has 4 rings (SSSR count). The maximum atomic E-state index is 13.5. The van der Waals surface area contributed by atoms with Crippen LogP contribution in [0.3, 0.4) is 0 Å². The number of carbonyl (C=O) groups is 2. The van der Waals surface area contributed by atoms with Crippen LogP contribution in [0.15, 0.2) is 66.0 Å². The predicted octanol–water partition coefficient (Wildman–Crippen LogP) is 4.97. The molecule has 30 heavy (non-hydrogen) atoms. The fourth-order valence-electron chi connectivity index (χ4n) is 3.84. The summed E-state index contributed by atoms with van der Waals surface area (Å²) < 4.78 is 5.25. The Balaban J connectivity index is 1.78. The first-order chi connectivity index (χ1) is 14.6. The molecule has 0 saturated heterocycles. The highest BCUT2D eigenvalue weighted by Crippen LogP contribution is 2.44. The number of methoxy groups -OCH3 is 1. The van der Waals surface area contributed by atoms with Crippen LogP contribution in [0, 0.1) is 0 Å². The number of nitrogens with one attached hydrogen (secondary N) is 1. The van der Waals surface area contributed by atoms with Gasteiger partial charge in [0.2, 0.25) is 5.91 Å². The van der Waals surface area contributed by atoms with Crippen LogP contribution in [0.4, 0.5) is 5.69 Å². The van der Waals surface area contributed by atoms with Crippen LogP contribution < -0.4 is 5.32 Å². The number of nitrogens with zero attached hydrogens (tertiary/aromatic N) is 1. The maximum Gasteiger partial charge on any atom is 0.254 e. The van der Waals surface area contributed by atoms with Gasteiger partial charge in [0, 0.05) is 34.8 Å². The van der Waals surface area contributed by atoms with Crippen molar-refractivity contribution >= 4 is 40.4 Å². The molecule has 0 spiro atoms. The first-order valence-electron chi connectivity index (χ1n) is 9.59. The number of thiophene rings is 1. The van der Waals surface area contributed by atoms with Crippen LogP contribution >= 0.6 is 22.9 Å². The number of anilines is 1. The highest BCUT2D eigenvalue weighted by atomic mass is 35.5. The second-order valence-electron chi connectivity index (χ2n) is 7.01. The molecule has 1 aliphatic rings. The zero-order chi connectivity index (χ0) is 21.1. The maximum absolute atomic E-state index is 13.5.